The minimum atomic E-state index is -2.93. The zero-order chi connectivity index (χ0) is 22.4. The number of hydrogen-bond acceptors (Lipinski definition) is 9. The first-order valence-corrected chi connectivity index (χ1v) is 13.1. The molecule has 1 saturated heterocycles. The van der Waals surface area contributed by atoms with Gasteiger partial charge in [0.25, 0.3) is 0 Å². The van der Waals surface area contributed by atoms with Crippen molar-refractivity contribution in [3.63, 3.8) is 0 Å². The molecule has 0 atom stereocenters. The van der Waals surface area contributed by atoms with Crippen LogP contribution >= 0.6 is 0 Å². The van der Waals surface area contributed by atoms with Gasteiger partial charge in [-0.2, -0.15) is 4.98 Å². The van der Waals surface area contributed by atoms with Crippen LogP contribution in [0.4, 0.5) is 17.6 Å². The molecule has 170 valence electrons. The molecule has 2 fully saturated rings. The lowest BCUT2D eigenvalue weighted by molar-refractivity contribution is 0.546. The SMILES string of the molecule is O=S1(=O)CCN(c2ccc(Nc3ncc4c5ccncc5n(C5CCCC5)c4n3)nn2)CC1. The molecule has 1 aliphatic carbocycles. The Balaban J connectivity index is 1.29. The summed E-state index contributed by atoms with van der Waals surface area (Å²) in [6, 6.07) is 6.10. The summed E-state index contributed by atoms with van der Waals surface area (Å²) in [7, 11) is -2.93. The third-order valence-electron chi connectivity index (χ3n) is 6.60. The van der Waals surface area contributed by atoms with Crippen LogP contribution in [0, 0.1) is 0 Å². The molecule has 5 heterocycles. The number of rotatable bonds is 4. The minimum absolute atomic E-state index is 0.146. The third-order valence-corrected chi connectivity index (χ3v) is 8.20. The number of pyridine rings is 1. The summed E-state index contributed by atoms with van der Waals surface area (Å²) >= 11 is 0. The Morgan fingerprint density at radius 1 is 0.970 bits per heavy atom. The van der Waals surface area contributed by atoms with E-state index in [9.17, 15) is 8.42 Å². The molecule has 0 radical (unpaired) electrons. The van der Waals surface area contributed by atoms with E-state index in [0.29, 0.717) is 36.7 Å². The lowest BCUT2D eigenvalue weighted by Gasteiger charge is -2.27. The summed E-state index contributed by atoms with van der Waals surface area (Å²) in [6.07, 6.45) is 10.3. The summed E-state index contributed by atoms with van der Waals surface area (Å²) in [5, 5.41) is 13.8. The number of sulfone groups is 1. The highest BCUT2D eigenvalue weighted by molar-refractivity contribution is 7.91. The number of nitrogens with one attached hydrogen (secondary N) is 1. The normalized spacial score (nSPS) is 18.8. The van der Waals surface area contributed by atoms with Gasteiger partial charge in [0.15, 0.2) is 21.5 Å². The molecule has 4 aromatic rings. The van der Waals surface area contributed by atoms with Crippen molar-refractivity contribution in [2.45, 2.75) is 31.7 Å². The van der Waals surface area contributed by atoms with Gasteiger partial charge in [-0.25, -0.2) is 13.4 Å². The molecular weight excluding hydrogens is 440 g/mol. The van der Waals surface area contributed by atoms with Gasteiger partial charge < -0.3 is 14.8 Å². The summed E-state index contributed by atoms with van der Waals surface area (Å²) in [5.74, 6) is 1.96. The molecule has 10 nitrogen and oxygen atoms in total. The first-order valence-electron chi connectivity index (χ1n) is 11.2. The highest BCUT2D eigenvalue weighted by atomic mass is 32.2. The predicted octanol–water partition coefficient (Wildman–Crippen LogP) is 2.86. The van der Waals surface area contributed by atoms with Crippen LogP contribution in [-0.4, -0.2) is 62.7 Å². The molecule has 2 aliphatic rings. The van der Waals surface area contributed by atoms with Crippen LogP contribution in [-0.2, 0) is 9.84 Å². The molecule has 6 rings (SSSR count). The third kappa shape index (κ3) is 3.75. The molecule has 0 bridgehead atoms. The minimum Gasteiger partial charge on any atom is -0.353 e. The molecule has 0 amide bonds. The van der Waals surface area contributed by atoms with Crippen molar-refractivity contribution in [2.75, 3.05) is 34.8 Å². The van der Waals surface area contributed by atoms with E-state index in [4.69, 9.17) is 4.98 Å². The Kier molecular flexibility index (Phi) is 4.86. The van der Waals surface area contributed by atoms with Crippen molar-refractivity contribution in [1.82, 2.24) is 29.7 Å². The number of fused-ring (bicyclic) bond motifs is 3. The van der Waals surface area contributed by atoms with Crippen molar-refractivity contribution in [3.8, 4) is 0 Å². The second-order valence-electron chi connectivity index (χ2n) is 8.67. The van der Waals surface area contributed by atoms with Crippen LogP contribution in [0.15, 0.2) is 36.8 Å². The maximum atomic E-state index is 11.7. The largest absolute Gasteiger partial charge is 0.353 e. The monoisotopic (exact) mass is 464 g/mol. The van der Waals surface area contributed by atoms with Crippen LogP contribution in [0.3, 0.4) is 0 Å². The van der Waals surface area contributed by atoms with Crippen molar-refractivity contribution in [2.24, 2.45) is 0 Å². The van der Waals surface area contributed by atoms with Gasteiger partial charge in [-0.05, 0) is 31.0 Å². The maximum absolute atomic E-state index is 11.7. The van der Waals surface area contributed by atoms with E-state index in [1.165, 1.54) is 12.8 Å². The maximum Gasteiger partial charge on any atom is 0.230 e. The fraction of sp³-hybridized carbons (Fsp3) is 0.409. The summed E-state index contributed by atoms with van der Waals surface area (Å²) in [4.78, 5) is 15.7. The Morgan fingerprint density at radius 3 is 2.55 bits per heavy atom. The van der Waals surface area contributed by atoms with Gasteiger partial charge in [-0.15, -0.1) is 10.2 Å². The molecule has 1 saturated carbocycles. The van der Waals surface area contributed by atoms with E-state index in [1.807, 2.05) is 41.7 Å². The summed E-state index contributed by atoms with van der Waals surface area (Å²) in [5.41, 5.74) is 2.00. The Bertz CT molecular complexity index is 1410. The molecule has 1 N–H and O–H groups in total. The highest BCUT2D eigenvalue weighted by Crippen LogP contribution is 2.37. The smallest absolute Gasteiger partial charge is 0.230 e. The molecule has 11 heteroatoms. The first kappa shape index (κ1) is 20.3. The van der Waals surface area contributed by atoms with Crippen molar-refractivity contribution >= 4 is 49.4 Å². The molecule has 0 spiro atoms. The van der Waals surface area contributed by atoms with Crippen LogP contribution in [0.2, 0.25) is 0 Å². The van der Waals surface area contributed by atoms with Crippen LogP contribution < -0.4 is 10.2 Å². The van der Waals surface area contributed by atoms with Gasteiger partial charge in [0.2, 0.25) is 5.95 Å². The van der Waals surface area contributed by atoms with Crippen molar-refractivity contribution in [3.05, 3.63) is 36.8 Å². The van der Waals surface area contributed by atoms with Crippen molar-refractivity contribution < 1.29 is 8.42 Å². The van der Waals surface area contributed by atoms with E-state index in [0.717, 1.165) is 34.8 Å². The van der Waals surface area contributed by atoms with Gasteiger partial charge in [-0.3, -0.25) is 4.98 Å². The molecule has 1 aliphatic heterocycles. The number of nitrogens with zero attached hydrogens (tertiary/aromatic N) is 7. The fourth-order valence-electron chi connectivity index (χ4n) is 4.88. The second-order valence-corrected chi connectivity index (χ2v) is 11.0. The van der Waals surface area contributed by atoms with Crippen LogP contribution in [0.25, 0.3) is 21.9 Å². The molecular formula is C22H24N8O2S. The average Bonchev–Trinajstić information content (AvgIpc) is 3.45. The van der Waals surface area contributed by atoms with E-state index < -0.39 is 9.84 Å². The Labute approximate surface area is 191 Å². The average molecular weight is 465 g/mol. The quantitative estimate of drug-likeness (QED) is 0.486. The highest BCUT2D eigenvalue weighted by Gasteiger charge is 2.24. The summed E-state index contributed by atoms with van der Waals surface area (Å²) in [6.45, 7) is 0.869. The van der Waals surface area contributed by atoms with Crippen molar-refractivity contribution in [1.29, 1.82) is 0 Å². The second kappa shape index (κ2) is 7.91. The van der Waals surface area contributed by atoms with Gasteiger partial charge in [0.1, 0.15) is 5.65 Å². The van der Waals surface area contributed by atoms with Gasteiger partial charge >= 0.3 is 0 Å². The zero-order valence-electron chi connectivity index (χ0n) is 18.1. The topological polar surface area (TPSA) is 119 Å². The number of hydrogen-bond donors (Lipinski definition) is 1. The molecule has 4 aromatic heterocycles. The van der Waals surface area contributed by atoms with E-state index >= 15 is 0 Å². The summed E-state index contributed by atoms with van der Waals surface area (Å²) < 4.78 is 25.6. The van der Waals surface area contributed by atoms with Gasteiger partial charge in [0.05, 0.1) is 23.2 Å². The lowest BCUT2D eigenvalue weighted by atomic mass is 10.2. The van der Waals surface area contributed by atoms with E-state index in [2.05, 4.69) is 30.0 Å². The Hall–Kier alpha value is -3.34. The molecule has 0 aromatic carbocycles. The predicted molar refractivity (Wildman–Crippen MR) is 127 cm³/mol. The number of aromatic nitrogens is 6. The van der Waals surface area contributed by atoms with E-state index in [1.54, 1.807) is 0 Å². The van der Waals surface area contributed by atoms with Gasteiger partial charge in [-0.1, -0.05) is 12.8 Å². The zero-order valence-corrected chi connectivity index (χ0v) is 18.9. The molecule has 33 heavy (non-hydrogen) atoms. The van der Waals surface area contributed by atoms with Crippen LogP contribution in [0.5, 0.6) is 0 Å². The van der Waals surface area contributed by atoms with Crippen LogP contribution in [0.1, 0.15) is 31.7 Å². The lowest BCUT2D eigenvalue weighted by Crippen LogP contribution is -2.40. The number of anilines is 3. The first-order chi connectivity index (χ1) is 16.1. The standard InChI is InChI=1S/C22H24N8O2S/c31-33(32)11-9-29(10-12-33)20-6-5-19(27-28-20)25-22-24-13-17-16-7-8-23-14-18(16)30(21(17)26-22)15-3-1-2-4-15/h5-8,13-15H,1-4,9-12H2,(H,24,25,26,27). The Morgan fingerprint density at radius 2 is 1.79 bits per heavy atom. The fourth-order valence-corrected chi connectivity index (χ4v) is 6.08. The molecule has 0 unspecified atom stereocenters. The van der Waals surface area contributed by atoms with E-state index in [-0.39, 0.29) is 11.5 Å². The van der Waals surface area contributed by atoms with Gasteiger partial charge in [0, 0.05) is 42.3 Å².